The molecule has 0 aromatic heterocycles. The zero-order valence-electron chi connectivity index (χ0n) is 16.7. The molecule has 29 heavy (non-hydrogen) atoms. The van der Waals surface area contributed by atoms with Gasteiger partial charge >= 0.3 is 30.0 Å². The summed E-state index contributed by atoms with van der Waals surface area (Å²) in [6, 6.07) is -3.76. The van der Waals surface area contributed by atoms with Crippen molar-refractivity contribution in [3.8, 4) is 0 Å². The largest absolute Gasteiger partial charge is 0.481 e. The first-order valence-corrected chi connectivity index (χ1v) is 9.03. The van der Waals surface area contributed by atoms with Gasteiger partial charge in [-0.15, -0.1) is 0 Å². The van der Waals surface area contributed by atoms with Crippen molar-refractivity contribution < 1.29 is 44.0 Å². The predicted octanol–water partition coefficient (Wildman–Crippen LogP) is 0.752. The lowest BCUT2D eigenvalue weighted by atomic mass is 10.1. The number of hydrogen-bond acceptors (Lipinski definition) is 6. The molecule has 0 fully saturated rings. The van der Waals surface area contributed by atoms with Crippen LogP contribution in [-0.4, -0.2) is 69.6 Å². The van der Waals surface area contributed by atoms with Gasteiger partial charge in [-0.2, -0.15) is 0 Å². The molecule has 2 atom stereocenters. The molecule has 0 saturated heterocycles. The van der Waals surface area contributed by atoms with Crippen LogP contribution in [0.2, 0.25) is 0 Å². The number of unbranched alkanes of at least 4 members (excludes halogenated alkanes) is 1. The van der Waals surface area contributed by atoms with Crippen LogP contribution in [0.3, 0.4) is 0 Å². The molecule has 6 N–H and O–H groups in total. The number of hydrogen-bond donors (Lipinski definition) is 6. The Bertz CT molecular complexity index is 601. The zero-order chi connectivity index (χ0) is 22.6. The van der Waals surface area contributed by atoms with Crippen LogP contribution >= 0.6 is 0 Å². The molecule has 0 heterocycles. The Morgan fingerprint density at radius 3 is 1.83 bits per heavy atom. The summed E-state index contributed by atoms with van der Waals surface area (Å²) in [5.41, 5.74) is -0.631. The van der Waals surface area contributed by atoms with E-state index in [-0.39, 0.29) is 19.4 Å². The lowest BCUT2D eigenvalue weighted by molar-refractivity contribution is -0.140. The van der Waals surface area contributed by atoms with E-state index >= 15 is 0 Å². The van der Waals surface area contributed by atoms with Crippen molar-refractivity contribution in [2.24, 2.45) is 0 Å². The Balaban J connectivity index is 4.38. The Labute approximate surface area is 168 Å². The van der Waals surface area contributed by atoms with Gasteiger partial charge in [0.25, 0.3) is 0 Å². The van der Waals surface area contributed by atoms with E-state index in [0.29, 0.717) is 12.8 Å². The molecule has 0 aromatic rings. The first-order valence-electron chi connectivity index (χ1n) is 9.03. The molecule has 0 bridgehead atoms. The van der Waals surface area contributed by atoms with E-state index in [2.05, 4.69) is 10.6 Å². The van der Waals surface area contributed by atoms with Gasteiger partial charge in [-0.25, -0.2) is 19.2 Å². The first kappa shape index (κ1) is 26.0. The van der Waals surface area contributed by atoms with Crippen LogP contribution in [0.4, 0.5) is 9.59 Å². The molecule has 0 radical (unpaired) electrons. The number of carbonyl (C=O) groups is 5. The molecule has 0 rings (SSSR count). The fourth-order valence-electron chi connectivity index (χ4n) is 2.12. The lowest BCUT2D eigenvalue weighted by Gasteiger charge is -2.20. The summed E-state index contributed by atoms with van der Waals surface area (Å²) >= 11 is 0. The second-order valence-electron chi connectivity index (χ2n) is 7.26. The average molecular weight is 419 g/mol. The fourth-order valence-corrected chi connectivity index (χ4v) is 2.12. The van der Waals surface area contributed by atoms with Crippen LogP contribution in [0, 0.1) is 0 Å². The van der Waals surface area contributed by atoms with Gasteiger partial charge in [0, 0.05) is 13.0 Å². The SMILES string of the molecule is CC(C)(C)OC(=O)NCCCCC(NC(=O)NC(CCC(=O)O)C(=O)O)C(=O)O. The van der Waals surface area contributed by atoms with Gasteiger partial charge in [-0.05, 0) is 46.5 Å². The number of alkyl carbamates (subject to hydrolysis) is 1. The molecule has 0 aliphatic carbocycles. The number of urea groups is 1. The van der Waals surface area contributed by atoms with Crippen molar-refractivity contribution in [1.29, 1.82) is 0 Å². The van der Waals surface area contributed by atoms with Crippen LogP contribution in [0.15, 0.2) is 0 Å². The molecular formula is C17H29N3O9. The number of ether oxygens (including phenoxy) is 1. The number of nitrogens with one attached hydrogen (secondary N) is 3. The van der Waals surface area contributed by atoms with Crippen molar-refractivity contribution in [1.82, 2.24) is 16.0 Å². The van der Waals surface area contributed by atoms with E-state index in [4.69, 9.17) is 14.9 Å². The summed E-state index contributed by atoms with van der Waals surface area (Å²) in [6.07, 6.45) is -0.565. The second-order valence-corrected chi connectivity index (χ2v) is 7.26. The highest BCUT2D eigenvalue weighted by atomic mass is 16.6. The van der Waals surface area contributed by atoms with Crippen LogP contribution in [-0.2, 0) is 19.1 Å². The highest BCUT2D eigenvalue weighted by molar-refractivity contribution is 5.86. The van der Waals surface area contributed by atoms with E-state index in [1.807, 2.05) is 5.32 Å². The molecule has 2 unspecified atom stereocenters. The van der Waals surface area contributed by atoms with E-state index in [1.54, 1.807) is 20.8 Å². The summed E-state index contributed by atoms with van der Waals surface area (Å²) in [5, 5.41) is 33.5. The van der Waals surface area contributed by atoms with Gasteiger partial charge in [0.2, 0.25) is 0 Å². The maximum absolute atomic E-state index is 11.9. The summed E-state index contributed by atoms with van der Waals surface area (Å²) in [5.74, 6) is -3.96. The molecule has 3 amide bonds. The van der Waals surface area contributed by atoms with Gasteiger partial charge in [0.15, 0.2) is 0 Å². The molecular weight excluding hydrogens is 390 g/mol. The number of carboxylic acid groups (broad SMARTS) is 3. The monoisotopic (exact) mass is 419 g/mol. The van der Waals surface area contributed by atoms with Gasteiger partial charge in [-0.1, -0.05) is 0 Å². The van der Waals surface area contributed by atoms with Crippen molar-refractivity contribution in [3.63, 3.8) is 0 Å². The molecule has 0 saturated carbocycles. The van der Waals surface area contributed by atoms with Crippen molar-refractivity contribution in [2.45, 2.75) is 70.6 Å². The Hall–Kier alpha value is -3.05. The summed E-state index contributed by atoms with van der Waals surface area (Å²) in [6.45, 7) is 5.41. The Morgan fingerprint density at radius 1 is 0.862 bits per heavy atom. The number of aliphatic carboxylic acids is 3. The topological polar surface area (TPSA) is 191 Å². The third-order valence-electron chi connectivity index (χ3n) is 3.44. The summed E-state index contributed by atoms with van der Waals surface area (Å²) in [4.78, 5) is 56.2. The molecule has 0 spiro atoms. The number of rotatable bonds is 12. The van der Waals surface area contributed by atoms with Crippen molar-refractivity contribution in [2.75, 3.05) is 6.54 Å². The van der Waals surface area contributed by atoms with Gasteiger partial charge in [0.05, 0.1) is 0 Å². The Kier molecular flexibility index (Phi) is 11.1. The lowest BCUT2D eigenvalue weighted by Crippen LogP contribution is -2.51. The third-order valence-corrected chi connectivity index (χ3v) is 3.44. The number of carboxylic acids is 3. The quantitative estimate of drug-likeness (QED) is 0.248. The fraction of sp³-hybridized carbons (Fsp3) is 0.706. The van der Waals surface area contributed by atoms with Gasteiger partial charge in [-0.3, -0.25) is 4.79 Å². The second kappa shape index (κ2) is 12.4. The standard InChI is InChI=1S/C17H29N3O9/c1-17(2,3)29-16(28)18-9-5-4-6-10(13(23)24)19-15(27)20-11(14(25)26)7-8-12(21)22/h10-11H,4-9H2,1-3H3,(H,18,28)(H,21,22)(H,23,24)(H,25,26)(H2,19,20,27). The summed E-state index contributed by atoms with van der Waals surface area (Å²) < 4.78 is 5.05. The minimum absolute atomic E-state index is 0.0472. The van der Waals surface area contributed by atoms with Crippen LogP contribution in [0.1, 0.15) is 52.9 Å². The Morgan fingerprint density at radius 2 is 1.38 bits per heavy atom. The molecule has 0 aliphatic heterocycles. The molecule has 0 aromatic carbocycles. The highest BCUT2D eigenvalue weighted by Crippen LogP contribution is 2.07. The van der Waals surface area contributed by atoms with E-state index < -0.39 is 54.1 Å². The van der Waals surface area contributed by atoms with Gasteiger partial charge in [0.1, 0.15) is 17.7 Å². The maximum atomic E-state index is 11.9. The van der Waals surface area contributed by atoms with Crippen molar-refractivity contribution >= 4 is 30.0 Å². The average Bonchev–Trinajstić information content (AvgIpc) is 2.54. The van der Waals surface area contributed by atoms with Crippen molar-refractivity contribution in [3.05, 3.63) is 0 Å². The minimum Gasteiger partial charge on any atom is -0.481 e. The minimum atomic E-state index is -1.46. The number of amides is 3. The van der Waals surface area contributed by atoms with E-state index in [0.717, 1.165) is 0 Å². The third kappa shape index (κ3) is 13.7. The maximum Gasteiger partial charge on any atom is 0.407 e. The molecule has 166 valence electrons. The predicted molar refractivity (Wildman–Crippen MR) is 99.5 cm³/mol. The van der Waals surface area contributed by atoms with Crippen LogP contribution < -0.4 is 16.0 Å². The molecule has 12 heteroatoms. The smallest absolute Gasteiger partial charge is 0.407 e. The van der Waals surface area contributed by atoms with Crippen LogP contribution in [0.25, 0.3) is 0 Å². The number of carbonyl (C=O) groups excluding carboxylic acids is 2. The van der Waals surface area contributed by atoms with E-state index in [1.165, 1.54) is 0 Å². The highest BCUT2D eigenvalue weighted by Gasteiger charge is 2.24. The zero-order valence-corrected chi connectivity index (χ0v) is 16.7. The normalized spacial score (nSPS) is 12.9. The molecule has 0 aliphatic rings. The molecule has 12 nitrogen and oxygen atoms in total. The van der Waals surface area contributed by atoms with E-state index in [9.17, 15) is 29.1 Å². The first-order chi connectivity index (χ1) is 13.3. The summed E-state index contributed by atoms with van der Waals surface area (Å²) in [7, 11) is 0. The van der Waals surface area contributed by atoms with Gasteiger partial charge < -0.3 is 36.0 Å². The van der Waals surface area contributed by atoms with Crippen LogP contribution in [0.5, 0.6) is 0 Å².